The molecule has 0 fully saturated rings. The summed E-state index contributed by atoms with van der Waals surface area (Å²) < 4.78 is 12.7. The van der Waals surface area contributed by atoms with Crippen LogP contribution in [0.4, 0.5) is 5.82 Å². The summed E-state index contributed by atoms with van der Waals surface area (Å²) in [5.41, 5.74) is -0.0614. The lowest BCUT2D eigenvalue weighted by Gasteiger charge is -2.28. The lowest BCUT2D eigenvalue weighted by molar-refractivity contribution is 0.0771. The fourth-order valence-corrected chi connectivity index (χ4v) is 4.37. The third-order valence-electron chi connectivity index (χ3n) is 6.22. The molecule has 10 heteroatoms. The number of aromatic amines is 1. The molecule has 5 aromatic rings. The highest BCUT2D eigenvalue weighted by molar-refractivity contribution is 6.06. The average Bonchev–Trinajstić information content (AvgIpc) is 3.25. The van der Waals surface area contributed by atoms with Gasteiger partial charge in [-0.25, -0.2) is 9.67 Å². The van der Waals surface area contributed by atoms with Crippen molar-refractivity contribution in [1.82, 2.24) is 19.7 Å². The van der Waals surface area contributed by atoms with E-state index in [1.165, 1.54) is 15.8 Å². The van der Waals surface area contributed by atoms with Crippen LogP contribution < -0.4 is 19.9 Å². The van der Waals surface area contributed by atoms with Gasteiger partial charge in [0.15, 0.2) is 0 Å². The van der Waals surface area contributed by atoms with Crippen LogP contribution in [0, 0.1) is 6.92 Å². The van der Waals surface area contributed by atoms with Crippen LogP contribution in [0.2, 0.25) is 0 Å². The summed E-state index contributed by atoms with van der Waals surface area (Å²) in [5.74, 6) is 1.39. The van der Waals surface area contributed by atoms with E-state index in [4.69, 9.17) is 9.47 Å². The molecule has 0 unspecified atom stereocenters. The molecule has 40 heavy (non-hydrogen) atoms. The number of anilines is 1. The number of aryl methyl sites for hydroxylation is 1. The smallest absolute Gasteiger partial charge is 0.284 e. The largest absolute Gasteiger partial charge is 0.497 e. The first-order valence-electron chi connectivity index (χ1n) is 12.6. The topological polar surface area (TPSA) is 123 Å². The van der Waals surface area contributed by atoms with Gasteiger partial charge < -0.3 is 14.6 Å². The van der Waals surface area contributed by atoms with E-state index in [2.05, 4.69) is 15.1 Å². The van der Waals surface area contributed by atoms with E-state index in [0.717, 1.165) is 5.39 Å². The number of ether oxygens (including phenoxy) is 2. The molecule has 3 heterocycles. The second-order valence-electron chi connectivity index (χ2n) is 9.94. The van der Waals surface area contributed by atoms with Crippen molar-refractivity contribution in [2.45, 2.75) is 26.4 Å². The molecule has 5 rings (SSSR count). The van der Waals surface area contributed by atoms with Crippen LogP contribution in [0.15, 0.2) is 83.9 Å². The van der Waals surface area contributed by atoms with E-state index >= 15 is 0 Å². The first kappa shape index (κ1) is 26.6. The summed E-state index contributed by atoms with van der Waals surface area (Å²) in [6.45, 7) is 4.74. The molecule has 0 bridgehead atoms. The van der Waals surface area contributed by atoms with Crippen molar-refractivity contribution < 1.29 is 19.4 Å². The quantitative estimate of drug-likeness (QED) is 0.295. The number of carbonyl (C=O) groups is 1. The molecule has 3 aromatic heterocycles. The average molecular weight is 540 g/mol. The minimum Gasteiger partial charge on any atom is -0.497 e. The zero-order chi connectivity index (χ0) is 28.4. The number of amides is 1. The minimum absolute atomic E-state index is 0.0334. The molecule has 0 aliphatic heterocycles. The molecule has 0 aliphatic carbocycles. The standard InChI is InChI=1S/C30H29N5O5/c1-19-27(29(37)35(33-19)20-8-6-5-7-9-20)28(36)34(18-30(2,3)38)26-13-11-22(17-32-26)40-25-14-15-31-24-16-21(39-4)10-12-23(24)25/h5-17,33,38H,18H2,1-4H3. The zero-order valence-corrected chi connectivity index (χ0v) is 22.6. The van der Waals surface area contributed by atoms with Gasteiger partial charge in [0.2, 0.25) is 0 Å². The van der Waals surface area contributed by atoms with E-state index in [0.29, 0.717) is 34.1 Å². The summed E-state index contributed by atoms with van der Waals surface area (Å²) in [4.78, 5) is 37.2. The van der Waals surface area contributed by atoms with Gasteiger partial charge >= 0.3 is 0 Å². The maximum absolute atomic E-state index is 13.8. The lowest BCUT2D eigenvalue weighted by Crippen LogP contribution is -2.44. The van der Waals surface area contributed by atoms with Crippen molar-refractivity contribution in [1.29, 1.82) is 0 Å². The minimum atomic E-state index is -1.26. The Hall–Kier alpha value is -4.96. The summed E-state index contributed by atoms with van der Waals surface area (Å²) in [7, 11) is 1.59. The van der Waals surface area contributed by atoms with Crippen LogP contribution in [0.5, 0.6) is 17.2 Å². The number of rotatable bonds is 8. The van der Waals surface area contributed by atoms with Gasteiger partial charge in [-0.2, -0.15) is 0 Å². The van der Waals surface area contributed by atoms with Crippen molar-refractivity contribution in [2.75, 3.05) is 18.6 Å². The highest BCUT2D eigenvalue weighted by atomic mass is 16.5. The Morgan fingerprint density at radius 1 is 1.05 bits per heavy atom. The molecular formula is C30H29N5O5. The van der Waals surface area contributed by atoms with Crippen molar-refractivity contribution in [3.05, 3.63) is 101 Å². The van der Waals surface area contributed by atoms with Gasteiger partial charge in [0.25, 0.3) is 11.5 Å². The second kappa shape index (κ2) is 10.7. The van der Waals surface area contributed by atoms with E-state index < -0.39 is 17.1 Å². The molecule has 10 nitrogen and oxygen atoms in total. The molecule has 0 aliphatic rings. The highest BCUT2D eigenvalue weighted by Gasteiger charge is 2.30. The fourth-order valence-electron chi connectivity index (χ4n) is 4.37. The van der Waals surface area contributed by atoms with Crippen LogP contribution in [0.1, 0.15) is 29.9 Å². The van der Waals surface area contributed by atoms with Gasteiger partial charge in [0.05, 0.1) is 36.7 Å². The summed E-state index contributed by atoms with van der Waals surface area (Å²) in [5, 5.41) is 14.4. The first-order chi connectivity index (χ1) is 19.1. The van der Waals surface area contributed by atoms with Crippen LogP contribution in [-0.2, 0) is 0 Å². The number of carbonyl (C=O) groups excluding carboxylic acids is 1. The summed E-state index contributed by atoms with van der Waals surface area (Å²) in [6.07, 6.45) is 3.13. The first-order valence-corrected chi connectivity index (χ1v) is 12.6. The van der Waals surface area contributed by atoms with Crippen LogP contribution in [-0.4, -0.2) is 50.0 Å². The van der Waals surface area contributed by atoms with Gasteiger partial charge in [-0.1, -0.05) is 18.2 Å². The van der Waals surface area contributed by atoms with E-state index in [1.54, 1.807) is 76.5 Å². The predicted octanol–water partition coefficient (Wildman–Crippen LogP) is 4.64. The fraction of sp³-hybridized carbons (Fsp3) is 0.200. The molecular weight excluding hydrogens is 510 g/mol. The van der Waals surface area contributed by atoms with Gasteiger partial charge in [-0.05, 0) is 63.2 Å². The number of hydrogen-bond donors (Lipinski definition) is 2. The Bertz CT molecular complexity index is 1720. The number of H-pyrrole nitrogens is 1. The zero-order valence-electron chi connectivity index (χ0n) is 22.6. The lowest BCUT2D eigenvalue weighted by atomic mass is 10.1. The van der Waals surface area contributed by atoms with E-state index in [1.807, 2.05) is 24.3 Å². The number of aromatic nitrogens is 4. The maximum Gasteiger partial charge on any atom is 0.284 e. The molecule has 204 valence electrons. The Balaban J connectivity index is 1.46. The third kappa shape index (κ3) is 5.43. The van der Waals surface area contributed by atoms with Gasteiger partial charge in [0.1, 0.15) is 28.6 Å². The Morgan fingerprint density at radius 2 is 1.80 bits per heavy atom. The number of hydrogen-bond acceptors (Lipinski definition) is 7. The molecule has 0 radical (unpaired) electrons. The summed E-state index contributed by atoms with van der Waals surface area (Å²) in [6, 6.07) is 19.5. The number of para-hydroxylation sites is 1. The van der Waals surface area contributed by atoms with Crippen molar-refractivity contribution in [2.24, 2.45) is 0 Å². The molecule has 2 N–H and O–H groups in total. The van der Waals surface area contributed by atoms with Crippen molar-refractivity contribution in [3.8, 4) is 22.9 Å². The van der Waals surface area contributed by atoms with Crippen LogP contribution in [0.25, 0.3) is 16.6 Å². The molecule has 0 atom stereocenters. The number of aliphatic hydroxyl groups is 1. The number of nitrogens with zero attached hydrogens (tertiary/aromatic N) is 4. The van der Waals surface area contributed by atoms with Crippen molar-refractivity contribution in [3.63, 3.8) is 0 Å². The van der Waals surface area contributed by atoms with Crippen LogP contribution >= 0.6 is 0 Å². The SMILES string of the molecule is COc1ccc2c(Oc3ccc(N(CC(C)(C)O)C(=O)c4c(C)[nH]n(-c5ccccc5)c4=O)nc3)ccnc2c1. The van der Waals surface area contributed by atoms with Gasteiger partial charge in [0, 0.05) is 23.3 Å². The Morgan fingerprint density at radius 3 is 2.48 bits per heavy atom. The second-order valence-corrected chi connectivity index (χ2v) is 9.94. The Labute approximate surface area is 230 Å². The predicted molar refractivity (Wildman–Crippen MR) is 152 cm³/mol. The number of benzene rings is 2. The number of pyridine rings is 2. The number of fused-ring (bicyclic) bond motifs is 1. The highest BCUT2D eigenvalue weighted by Crippen LogP contribution is 2.31. The number of methoxy groups -OCH3 is 1. The third-order valence-corrected chi connectivity index (χ3v) is 6.22. The van der Waals surface area contributed by atoms with Crippen molar-refractivity contribution >= 4 is 22.6 Å². The summed E-state index contributed by atoms with van der Waals surface area (Å²) >= 11 is 0. The van der Waals surface area contributed by atoms with Crippen LogP contribution in [0.3, 0.4) is 0 Å². The monoisotopic (exact) mass is 539 g/mol. The van der Waals surface area contributed by atoms with E-state index in [9.17, 15) is 14.7 Å². The van der Waals surface area contributed by atoms with Gasteiger partial charge in [-0.15, -0.1) is 0 Å². The normalized spacial score (nSPS) is 11.4. The molecule has 2 aromatic carbocycles. The molecule has 0 saturated carbocycles. The number of nitrogens with one attached hydrogen (secondary N) is 1. The maximum atomic E-state index is 13.8. The van der Waals surface area contributed by atoms with Gasteiger partial charge in [-0.3, -0.25) is 24.6 Å². The molecule has 0 spiro atoms. The molecule has 0 saturated heterocycles. The van der Waals surface area contributed by atoms with E-state index in [-0.39, 0.29) is 17.9 Å². The Kier molecular flexibility index (Phi) is 7.10. The molecule has 1 amide bonds.